The van der Waals surface area contributed by atoms with Crippen molar-refractivity contribution in [3.05, 3.63) is 132 Å². The van der Waals surface area contributed by atoms with E-state index in [1.165, 1.54) is 0 Å². The summed E-state index contributed by atoms with van der Waals surface area (Å²) in [7, 11) is -3.72. The summed E-state index contributed by atoms with van der Waals surface area (Å²) in [5, 5.41) is 0. The van der Waals surface area contributed by atoms with Crippen LogP contribution in [-0.2, 0) is 34.5 Å². The average molecular weight is 515 g/mol. The van der Waals surface area contributed by atoms with Crippen molar-refractivity contribution >= 4 is 21.6 Å². The van der Waals surface area contributed by atoms with E-state index in [0.29, 0.717) is 31.1 Å². The van der Waals surface area contributed by atoms with E-state index in [1.54, 1.807) is 29.2 Å². The molecule has 0 heterocycles. The van der Waals surface area contributed by atoms with Crippen LogP contribution in [0.25, 0.3) is 0 Å². The number of carbonyl (C=O) groups excluding carboxylic acids is 1. The molecule has 0 saturated heterocycles. The summed E-state index contributed by atoms with van der Waals surface area (Å²) >= 11 is 0. The molecule has 0 unspecified atom stereocenters. The van der Waals surface area contributed by atoms with Gasteiger partial charge in [0.25, 0.3) is 0 Å². The Morgan fingerprint density at radius 1 is 0.676 bits per heavy atom. The summed E-state index contributed by atoms with van der Waals surface area (Å²) in [4.78, 5) is 15.2. The largest absolute Gasteiger partial charge is 0.489 e. The van der Waals surface area contributed by atoms with Crippen molar-refractivity contribution < 1.29 is 17.9 Å². The highest BCUT2D eigenvalue weighted by atomic mass is 32.2. The summed E-state index contributed by atoms with van der Waals surface area (Å²) in [6.45, 7) is 0.849. The van der Waals surface area contributed by atoms with E-state index >= 15 is 0 Å². The molecular formula is C30H30N2O4S. The average Bonchev–Trinajstić information content (AvgIpc) is 2.91. The predicted molar refractivity (Wildman–Crippen MR) is 147 cm³/mol. The lowest BCUT2D eigenvalue weighted by Gasteiger charge is -2.28. The van der Waals surface area contributed by atoms with Gasteiger partial charge in [0.2, 0.25) is 15.9 Å². The third kappa shape index (κ3) is 7.69. The van der Waals surface area contributed by atoms with Gasteiger partial charge in [-0.1, -0.05) is 91.0 Å². The number of rotatable bonds is 11. The summed E-state index contributed by atoms with van der Waals surface area (Å²) in [5.74, 6) is 0.324. The van der Waals surface area contributed by atoms with E-state index < -0.39 is 10.0 Å². The maximum atomic E-state index is 13.5. The van der Waals surface area contributed by atoms with Crippen LogP contribution in [0.5, 0.6) is 5.75 Å². The number of hydrogen-bond acceptors (Lipinski definition) is 4. The lowest BCUT2D eigenvalue weighted by atomic mass is 10.1. The molecule has 6 nitrogen and oxygen atoms in total. The van der Waals surface area contributed by atoms with Crippen molar-refractivity contribution in [3.8, 4) is 5.75 Å². The van der Waals surface area contributed by atoms with Gasteiger partial charge in [-0.05, 0) is 41.0 Å². The Bertz CT molecular complexity index is 1340. The fourth-order valence-electron chi connectivity index (χ4n) is 3.91. The third-order valence-corrected chi connectivity index (χ3v) is 6.98. The molecule has 0 saturated carbocycles. The highest BCUT2D eigenvalue weighted by molar-refractivity contribution is 7.92. The van der Waals surface area contributed by atoms with Gasteiger partial charge in [-0.3, -0.25) is 9.10 Å². The molecule has 0 aliphatic heterocycles. The number of anilines is 1. The molecule has 4 rings (SSSR count). The number of hydrogen-bond donors (Lipinski definition) is 0. The van der Waals surface area contributed by atoms with Crippen LogP contribution >= 0.6 is 0 Å². The molecule has 0 aliphatic carbocycles. The molecule has 0 N–H and O–H groups in total. The van der Waals surface area contributed by atoms with Crippen molar-refractivity contribution in [1.29, 1.82) is 0 Å². The number of benzene rings is 4. The van der Waals surface area contributed by atoms with E-state index in [4.69, 9.17) is 4.74 Å². The van der Waals surface area contributed by atoms with Gasteiger partial charge in [0.05, 0.1) is 11.9 Å². The summed E-state index contributed by atoms with van der Waals surface area (Å²) in [6, 6.07) is 35.9. The van der Waals surface area contributed by atoms with Crippen LogP contribution in [0.1, 0.15) is 16.7 Å². The molecule has 0 aromatic heterocycles. The second-order valence-electron chi connectivity index (χ2n) is 8.76. The molecular weight excluding hydrogens is 484 g/mol. The fourth-order valence-corrected chi connectivity index (χ4v) is 4.76. The highest BCUT2D eigenvalue weighted by Crippen LogP contribution is 2.23. The first-order chi connectivity index (χ1) is 17.9. The normalized spacial score (nSPS) is 11.1. The lowest BCUT2D eigenvalue weighted by Crippen LogP contribution is -2.42. The van der Waals surface area contributed by atoms with Gasteiger partial charge in [-0.15, -0.1) is 0 Å². The molecule has 0 radical (unpaired) electrons. The number of ether oxygens (including phenoxy) is 1. The van der Waals surface area contributed by atoms with E-state index in [1.807, 2.05) is 91.0 Å². The zero-order valence-electron chi connectivity index (χ0n) is 20.7. The van der Waals surface area contributed by atoms with Crippen LogP contribution in [0.3, 0.4) is 0 Å². The molecule has 0 bridgehead atoms. The first-order valence-corrected chi connectivity index (χ1v) is 13.8. The summed E-state index contributed by atoms with van der Waals surface area (Å²) in [6.07, 6.45) is 1.11. The number of sulfonamides is 1. The third-order valence-electron chi connectivity index (χ3n) is 5.84. The maximum absolute atomic E-state index is 13.5. The molecule has 1 amide bonds. The first-order valence-electron chi connectivity index (χ1n) is 12.0. The van der Waals surface area contributed by atoms with Gasteiger partial charge in [0.15, 0.2) is 0 Å². The first kappa shape index (κ1) is 26.0. The SMILES string of the molecule is CS(=O)(=O)N(CC(=O)N(Cc1ccccc1)Cc1ccccc1)c1ccc(OCc2ccccc2)cc1. The molecule has 7 heteroatoms. The Kier molecular flexibility index (Phi) is 8.59. The van der Waals surface area contributed by atoms with Crippen LogP contribution in [0.4, 0.5) is 5.69 Å². The van der Waals surface area contributed by atoms with Gasteiger partial charge in [-0.25, -0.2) is 8.42 Å². The molecule has 4 aromatic rings. The minimum Gasteiger partial charge on any atom is -0.489 e. The Hall–Kier alpha value is -4.10. The van der Waals surface area contributed by atoms with Gasteiger partial charge in [0.1, 0.15) is 18.9 Å². The van der Waals surface area contributed by atoms with Crippen molar-refractivity contribution in [1.82, 2.24) is 4.90 Å². The second-order valence-corrected chi connectivity index (χ2v) is 10.7. The van der Waals surface area contributed by atoms with Crippen molar-refractivity contribution in [2.75, 3.05) is 17.1 Å². The Labute approximate surface area is 218 Å². The van der Waals surface area contributed by atoms with Crippen LogP contribution in [-0.4, -0.2) is 32.0 Å². The van der Waals surface area contributed by atoms with Gasteiger partial charge in [0, 0.05) is 13.1 Å². The van der Waals surface area contributed by atoms with E-state index in [2.05, 4.69) is 0 Å². The van der Waals surface area contributed by atoms with E-state index in [9.17, 15) is 13.2 Å². The maximum Gasteiger partial charge on any atom is 0.243 e. The Morgan fingerprint density at radius 2 is 1.14 bits per heavy atom. The zero-order valence-corrected chi connectivity index (χ0v) is 21.6. The fraction of sp³-hybridized carbons (Fsp3) is 0.167. The second kappa shape index (κ2) is 12.2. The van der Waals surface area contributed by atoms with Crippen molar-refractivity contribution in [2.24, 2.45) is 0 Å². The molecule has 0 fully saturated rings. The van der Waals surface area contributed by atoms with Crippen molar-refractivity contribution in [2.45, 2.75) is 19.7 Å². The minimum absolute atomic E-state index is 0.289. The Balaban J connectivity index is 1.50. The molecule has 190 valence electrons. The molecule has 4 aromatic carbocycles. The predicted octanol–water partition coefficient (Wildman–Crippen LogP) is 5.26. The standard InChI is InChI=1S/C30H30N2O4S/c1-37(34,35)32(28-17-19-29(20-18-28)36-24-27-15-9-4-10-16-27)23-30(33)31(21-25-11-5-2-6-12-25)22-26-13-7-3-8-14-26/h2-20H,21-24H2,1H3. The molecule has 0 aliphatic rings. The number of carbonyl (C=O) groups is 1. The smallest absolute Gasteiger partial charge is 0.243 e. The number of amides is 1. The molecule has 0 spiro atoms. The van der Waals surface area contributed by atoms with Crippen LogP contribution < -0.4 is 9.04 Å². The lowest BCUT2D eigenvalue weighted by molar-refractivity contribution is -0.130. The highest BCUT2D eigenvalue weighted by Gasteiger charge is 2.24. The van der Waals surface area contributed by atoms with E-state index in [0.717, 1.165) is 27.3 Å². The molecule has 0 atom stereocenters. The Morgan fingerprint density at radius 3 is 1.59 bits per heavy atom. The van der Waals surface area contributed by atoms with Gasteiger partial charge >= 0.3 is 0 Å². The van der Waals surface area contributed by atoms with Crippen LogP contribution in [0, 0.1) is 0 Å². The van der Waals surface area contributed by atoms with Crippen molar-refractivity contribution in [3.63, 3.8) is 0 Å². The minimum atomic E-state index is -3.72. The van der Waals surface area contributed by atoms with Gasteiger partial charge in [-0.2, -0.15) is 0 Å². The quantitative estimate of drug-likeness (QED) is 0.274. The molecule has 37 heavy (non-hydrogen) atoms. The summed E-state index contributed by atoms with van der Waals surface area (Å²) in [5.41, 5.74) is 3.38. The van der Waals surface area contributed by atoms with Crippen LogP contribution in [0.2, 0.25) is 0 Å². The number of nitrogens with zero attached hydrogens (tertiary/aromatic N) is 2. The zero-order chi connectivity index (χ0) is 26.1. The van der Waals surface area contributed by atoms with E-state index in [-0.39, 0.29) is 12.5 Å². The topological polar surface area (TPSA) is 66.9 Å². The van der Waals surface area contributed by atoms with Gasteiger partial charge < -0.3 is 9.64 Å². The summed E-state index contributed by atoms with van der Waals surface area (Å²) < 4.78 is 32.4. The monoisotopic (exact) mass is 514 g/mol. The van der Waals surface area contributed by atoms with Crippen LogP contribution in [0.15, 0.2) is 115 Å².